The monoisotopic (exact) mass is 518 g/mol. The molecule has 2 aromatic rings. The number of hydrogen-bond donors (Lipinski definition) is 1. The molecule has 1 amide bonds. The zero-order chi connectivity index (χ0) is 26.5. The van der Waals surface area contributed by atoms with Crippen LogP contribution in [0.25, 0.3) is 10.9 Å². The molecule has 2 heterocycles. The lowest BCUT2D eigenvalue weighted by atomic mass is 9.96. The van der Waals surface area contributed by atoms with Crippen LogP contribution in [-0.4, -0.2) is 73.8 Å². The highest BCUT2D eigenvalue weighted by atomic mass is 28.3. The van der Waals surface area contributed by atoms with Gasteiger partial charge in [0, 0.05) is 45.4 Å². The van der Waals surface area contributed by atoms with Gasteiger partial charge in [0.25, 0.3) is 0 Å². The average Bonchev–Trinajstić information content (AvgIpc) is 3.21. The fourth-order valence-electron chi connectivity index (χ4n) is 4.09. The number of carbonyl (C=O) groups excluding carboxylic acids is 2. The van der Waals surface area contributed by atoms with Gasteiger partial charge in [-0.15, -0.1) is 0 Å². The summed E-state index contributed by atoms with van der Waals surface area (Å²) in [7, 11) is 0.210. The van der Waals surface area contributed by atoms with Crippen LogP contribution >= 0.6 is 0 Å². The number of piperidine rings is 1. The van der Waals surface area contributed by atoms with E-state index in [0.717, 1.165) is 42.0 Å². The second kappa shape index (κ2) is 11.6. The van der Waals surface area contributed by atoms with Gasteiger partial charge >= 0.3 is 12.1 Å². The van der Waals surface area contributed by atoms with Crippen molar-refractivity contribution in [2.75, 3.05) is 38.7 Å². The number of likely N-dealkylation sites (tertiary alicyclic amines) is 1. The maximum atomic E-state index is 12.4. The molecule has 1 N–H and O–H groups in total. The van der Waals surface area contributed by atoms with Crippen molar-refractivity contribution >= 4 is 36.7 Å². The zero-order valence-electron chi connectivity index (χ0n) is 22.8. The average molecular weight is 519 g/mol. The Hall–Kier alpha value is -2.59. The highest BCUT2D eigenvalue weighted by Gasteiger charge is 2.27. The summed E-state index contributed by atoms with van der Waals surface area (Å²) in [6, 6.07) is 4.71. The number of anilines is 1. The Labute approximate surface area is 215 Å². The Morgan fingerprint density at radius 3 is 2.47 bits per heavy atom. The molecule has 0 saturated carbocycles. The van der Waals surface area contributed by atoms with Crippen molar-refractivity contribution < 1.29 is 23.8 Å². The number of nitrogens with one attached hydrogen (secondary N) is 1. The van der Waals surface area contributed by atoms with Crippen molar-refractivity contribution in [3.8, 4) is 0 Å². The fourth-order valence-corrected chi connectivity index (χ4v) is 4.85. The summed E-state index contributed by atoms with van der Waals surface area (Å²) >= 11 is 0. The van der Waals surface area contributed by atoms with Gasteiger partial charge in [0.05, 0.1) is 24.4 Å². The molecule has 200 valence electrons. The molecule has 1 fully saturated rings. The van der Waals surface area contributed by atoms with Gasteiger partial charge in [-0.05, 0) is 57.7 Å². The number of amides is 1. The summed E-state index contributed by atoms with van der Waals surface area (Å²) in [4.78, 5) is 26.5. The topological polar surface area (TPSA) is 94.9 Å². The number of nitrogens with zero attached hydrogens (tertiary/aromatic N) is 3. The number of benzene rings is 1. The van der Waals surface area contributed by atoms with Gasteiger partial charge in [-0.25, -0.2) is 14.3 Å². The molecular weight excluding hydrogens is 476 g/mol. The first-order valence-electron chi connectivity index (χ1n) is 12.7. The van der Waals surface area contributed by atoms with Gasteiger partial charge in [0.2, 0.25) is 0 Å². The van der Waals surface area contributed by atoms with E-state index in [4.69, 9.17) is 14.2 Å². The Balaban J connectivity index is 1.66. The van der Waals surface area contributed by atoms with E-state index in [-0.39, 0.29) is 6.09 Å². The van der Waals surface area contributed by atoms with Crippen molar-refractivity contribution in [1.82, 2.24) is 14.7 Å². The molecule has 1 aromatic heterocycles. The number of methoxy groups -OCH3 is 1. The summed E-state index contributed by atoms with van der Waals surface area (Å²) < 4.78 is 18.2. The molecule has 0 aliphatic carbocycles. The molecule has 1 aliphatic rings. The van der Waals surface area contributed by atoms with E-state index in [1.165, 1.54) is 7.11 Å². The van der Waals surface area contributed by atoms with Crippen LogP contribution in [0.1, 0.15) is 44.0 Å². The zero-order valence-corrected chi connectivity index (χ0v) is 23.8. The van der Waals surface area contributed by atoms with Crippen molar-refractivity contribution in [2.45, 2.75) is 71.6 Å². The summed E-state index contributed by atoms with van der Waals surface area (Å²) in [5.41, 5.74) is 1.65. The minimum atomic E-state index is -1.17. The third-order valence-corrected chi connectivity index (χ3v) is 7.95. The number of esters is 1. The number of aromatic nitrogens is 2. The fraction of sp³-hybridized carbons (Fsp3) is 0.654. The second-order valence-electron chi connectivity index (χ2n) is 11.7. The largest absolute Gasteiger partial charge is 0.465 e. The van der Waals surface area contributed by atoms with Crippen LogP contribution in [0.5, 0.6) is 0 Å². The van der Waals surface area contributed by atoms with E-state index in [9.17, 15) is 9.59 Å². The second-order valence-corrected chi connectivity index (χ2v) is 17.4. The lowest BCUT2D eigenvalue weighted by molar-refractivity contribution is 0.0188. The number of hydrogen-bond acceptors (Lipinski definition) is 7. The summed E-state index contributed by atoms with van der Waals surface area (Å²) in [6.07, 6.45) is 3.33. The van der Waals surface area contributed by atoms with E-state index in [1.807, 2.05) is 33.0 Å². The van der Waals surface area contributed by atoms with E-state index >= 15 is 0 Å². The highest BCUT2D eigenvalue weighted by molar-refractivity contribution is 6.76. The van der Waals surface area contributed by atoms with Gasteiger partial charge in [-0.3, -0.25) is 0 Å². The molecular formula is C26H42N4O5Si. The van der Waals surface area contributed by atoms with Gasteiger partial charge in [-0.1, -0.05) is 19.6 Å². The van der Waals surface area contributed by atoms with E-state index in [1.54, 1.807) is 15.6 Å². The molecule has 1 saturated heterocycles. The van der Waals surface area contributed by atoms with Gasteiger partial charge in [0.15, 0.2) is 0 Å². The van der Waals surface area contributed by atoms with Crippen molar-refractivity contribution in [2.24, 2.45) is 5.92 Å². The number of rotatable bonds is 9. The molecule has 0 atom stereocenters. The standard InChI is InChI=1S/C26H42N4O5Si/c1-26(2,3)35-25(32)29-10-8-19(9-11-29)16-27-22-14-20(24(31)33-4)15-23-21(22)17-28-30(23)18-34-12-13-36(5,6)7/h14-15,17,19,27H,8-13,16,18H2,1-7H3. The Morgan fingerprint density at radius 2 is 1.86 bits per heavy atom. The summed E-state index contributed by atoms with van der Waals surface area (Å²) in [6.45, 7) is 15.7. The molecule has 0 bridgehead atoms. The summed E-state index contributed by atoms with van der Waals surface area (Å²) in [5.74, 6) is 0.0125. The molecule has 0 spiro atoms. The maximum absolute atomic E-state index is 12.4. The first kappa shape index (κ1) is 28.0. The third kappa shape index (κ3) is 7.96. The molecule has 3 rings (SSSR count). The highest BCUT2D eigenvalue weighted by Crippen LogP contribution is 2.28. The van der Waals surface area contributed by atoms with E-state index in [0.29, 0.717) is 37.9 Å². The van der Waals surface area contributed by atoms with Crippen molar-refractivity contribution in [3.05, 3.63) is 23.9 Å². The quantitative estimate of drug-likeness (QED) is 0.277. The van der Waals surface area contributed by atoms with Gasteiger partial charge < -0.3 is 24.4 Å². The molecule has 1 aromatic carbocycles. The predicted octanol–water partition coefficient (Wildman–Crippen LogP) is 5.19. The molecule has 0 unspecified atom stereocenters. The maximum Gasteiger partial charge on any atom is 0.410 e. The summed E-state index contributed by atoms with van der Waals surface area (Å²) in [5, 5.41) is 8.98. The lowest BCUT2D eigenvalue weighted by Crippen LogP contribution is -2.42. The first-order chi connectivity index (χ1) is 16.9. The van der Waals surface area contributed by atoms with Gasteiger partial charge in [-0.2, -0.15) is 5.10 Å². The molecule has 10 heteroatoms. The molecule has 1 aliphatic heterocycles. The van der Waals surface area contributed by atoms with Crippen LogP contribution in [-0.2, 0) is 20.9 Å². The van der Waals surface area contributed by atoms with Crippen molar-refractivity contribution in [3.63, 3.8) is 0 Å². The Kier molecular flexibility index (Phi) is 9.05. The number of carbonyl (C=O) groups is 2. The minimum Gasteiger partial charge on any atom is -0.465 e. The Morgan fingerprint density at radius 1 is 1.17 bits per heavy atom. The Bertz CT molecular complexity index is 1050. The van der Waals surface area contributed by atoms with Crippen LogP contribution in [0, 0.1) is 5.92 Å². The predicted molar refractivity (Wildman–Crippen MR) is 144 cm³/mol. The first-order valence-corrected chi connectivity index (χ1v) is 16.4. The lowest BCUT2D eigenvalue weighted by Gasteiger charge is -2.33. The SMILES string of the molecule is COC(=O)c1cc(NCC2CCN(C(=O)OC(C)(C)C)CC2)c2cnn(COCC[Si](C)(C)C)c2c1. The number of fused-ring (bicyclic) bond motifs is 1. The number of ether oxygens (including phenoxy) is 3. The van der Waals surface area contributed by atoms with Crippen LogP contribution in [0.15, 0.2) is 18.3 Å². The van der Waals surface area contributed by atoms with Crippen molar-refractivity contribution in [1.29, 1.82) is 0 Å². The smallest absolute Gasteiger partial charge is 0.410 e. The molecule has 9 nitrogen and oxygen atoms in total. The third-order valence-electron chi connectivity index (χ3n) is 6.24. The normalized spacial score (nSPS) is 15.2. The van der Waals surface area contributed by atoms with Crippen LogP contribution < -0.4 is 5.32 Å². The van der Waals surface area contributed by atoms with E-state index in [2.05, 4.69) is 30.1 Å². The molecule has 36 heavy (non-hydrogen) atoms. The van der Waals surface area contributed by atoms with E-state index < -0.39 is 19.6 Å². The minimum absolute atomic E-state index is 0.249. The molecule has 0 radical (unpaired) electrons. The van der Waals surface area contributed by atoms with Crippen LogP contribution in [0.3, 0.4) is 0 Å². The van der Waals surface area contributed by atoms with Crippen LogP contribution in [0.4, 0.5) is 10.5 Å². The van der Waals surface area contributed by atoms with Crippen LogP contribution in [0.2, 0.25) is 25.7 Å². The van der Waals surface area contributed by atoms with Gasteiger partial charge in [0.1, 0.15) is 12.3 Å².